The predicted molar refractivity (Wildman–Crippen MR) is 146 cm³/mol. The van der Waals surface area contributed by atoms with Gasteiger partial charge in [0.25, 0.3) is 5.91 Å². The van der Waals surface area contributed by atoms with Crippen molar-refractivity contribution in [1.29, 1.82) is 0 Å². The van der Waals surface area contributed by atoms with Gasteiger partial charge in [0.2, 0.25) is 0 Å². The highest BCUT2D eigenvalue weighted by Gasteiger charge is 2.33. The fraction of sp³-hybridized carbons (Fsp3) is 0.0417. The molecule has 0 spiro atoms. The maximum absolute atomic E-state index is 12.9. The number of nitrogens with zero attached hydrogens (tertiary/aromatic N) is 1. The Morgan fingerprint density at radius 1 is 1.00 bits per heavy atom. The molecular weight excluding hydrogens is 549 g/mol. The minimum Gasteiger partial charge on any atom is -0.489 e. The average Bonchev–Trinajstić information content (AvgIpc) is 3.08. The molecule has 0 saturated carbocycles. The molecule has 1 aliphatic heterocycles. The second-order valence-electron chi connectivity index (χ2n) is 7.16. The molecule has 0 aliphatic carbocycles. The van der Waals surface area contributed by atoms with Crippen molar-refractivity contribution in [3.8, 4) is 5.75 Å². The summed E-state index contributed by atoms with van der Waals surface area (Å²) in [6.07, 6.45) is 1.68. The van der Waals surface area contributed by atoms with E-state index in [-0.39, 0.29) is 9.34 Å². The van der Waals surface area contributed by atoms with Gasteiger partial charge in [-0.2, -0.15) is 5.01 Å². The van der Waals surface area contributed by atoms with Gasteiger partial charge >= 0.3 is 6.03 Å². The average molecular weight is 565 g/mol. The Hall–Kier alpha value is -2.75. The van der Waals surface area contributed by atoms with Crippen LogP contribution < -0.4 is 15.5 Å². The van der Waals surface area contributed by atoms with E-state index >= 15 is 0 Å². The molecule has 6 nitrogen and oxygen atoms in total. The predicted octanol–water partition coefficient (Wildman–Crippen LogP) is 7.16. The number of hydrogen-bond acceptors (Lipinski definition) is 5. The van der Waals surface area contributed by atoms with Crippen LogP contribution in [0.1, 0.15) is 11.1 Å². The van der Waals surface area contributed by atoms with Gasteiger partial charge in [-0.1, -0.05) is 76.9 Å². The Morgan fingerprint density at radius 3 is 2.57 bits per heavy atom. The zero-order chi connectivity index (χ0) is 24.9. The van der Waals surface area contributed by atoms with Crippen LogP contribution >= 0.6 is 58.8 Å². The first-order chi connectivity index (χ1) is 16.8. The highest BCUT2D eigenvalue weighted by molar-refractivity contribution is 8.26. The normalized spacial score (nSPS) is 14.4. The molecule has 0 atom stereocenters. The molecule has 1 aliphatic rings. The number of hydrogen-bond donors (Lipinski definition) is 2. The molecule has 1 fully saturated rings. The van der Waals surface area contributed by atoms with Gasteiger partial charge in [-0.15, -0.1) is 0 Å². The lowest BCUT2D eigenvalue weighted by Gasteiger charge is -2.16. The van der Waals surface area contributed by atoms with Crippen molar-refractivity contribution in [2.45, 2.75) is 6.61 Å². The summed E-state index contributed by atoms with van der Waals surface area (Å²) in [4.78, 5) is 25.6. The first kappa shape index (κ1) is 25.3. The fourth-order valence-corrected chi connectivity index (χ4v) is 4.69. The lowest BCUT2D eigenvalue weighted by molar-refractivity contribution is -0.123. The van der Waals surface area contributed by atoms with Gasteiger partial charge in [-0.05, 0) is 60.3 Å². The monoisotopic (exact) mass is 563 g/mol. The number of thiocarbonyl (C=S) groups is 1. The first-order valence-electron chi connectivity index (χ1n) is 10.1. The molecule has 4 rings (SSSR count). The number of nitrogens with one attached hydrogen (secondary N) is 2. The first-order valence-corrected chi connectivity index (χ1v) is 12.4. The number of rotatable bonds is 6. The molecule has 0 bridgehead atoms. The van der Waals surface area contributed by atoms with E-state index in [2.05, 4.69) is 10.7 Å². The molecule has 3 aromatic rings. The van der Waals surface area contributed by atoms with Gasteiger partial charge in [0.1, 0.15) is 12.4 Å². The van der Waals surface area contributed by atoms with E-state index < -0.39 is 11.9 Å². The van der Waals surface area contributed by atoms with Crippen molar-refractivity contribution in [2.75, 3.05) is 5.32 Å². The quantitative estimate of drug-likeness (QED) is 0.245. The number of carbonyl (C=O) groups excluding carboxylic acids is 2. The van der Waals surface area contributed by atoms with Gasteiger partial charge < -0.3 is 10.1 Å². The zero-order valence-corrected chi connectivity index (χ0v) is 21.7. The number of amides is 3. The van der Waals surface area contributed by atoms with Crippen LogP contribution in [0.4, 0.5) is 10.5 Å². The topological polar surface area (TPSA) is 70.7 Å². The molecule has 3 aromatic carbocycles. The highest BCUT2D eigenvalue weighted by atomic mass is 35.5. The van der Waals surface area contributed by atoms with Gasteiger partial charge in [0.05, 0.1) is 15.0 Å². The summed E-state index contributed by atoms with van der Waals surface area (Å²) in [7, 11) is 0. The van der Waals surface area contributed by atoms with E-state index in [1.54, 1.807) is 30.3 Å². The van der Waals surface area contributed by atoms with Crippen molar-refractivity contribution < 1.29 is 14.3 Å². The SMILES string of the molecule is O=C(Nc1ccc(Cl)c(Cl)c1)NN1C(=O)/C(=C\c2cccc(OCc3ccccc3Cl)c2)SC1=S. The lowest BCUT2D eigenvalue weighted by atomic mass is 10.2. The number of ether oxygens (including phenoxy) is 1. The Bertz CT molecular complexity index is 1350. The number of carbonyl (C=O) groups is 2. The van der Waals surface area contributed by atoms with E-state index in [0.29, 0.717) is 33.0 Å². The van der Waals surface area contributed by atoms with Gasteiger partial charge in [-0.3, -0.25) is 4.79 Å². The van der Waals surface area contributed by atoms with E-state index in [1.807, 2.05) is 36.4 Å². The van der Waals surface area contributed by atoms with Crippen LogP contribution in [0.5, 0.6) is 5.75 Å². The molecule has 1 saturated heterocycles. The summed E-state index contributed by atoms with van der Waals surface area (Å²) in [5.74, 6) is 0.167. The van der Waals surface area contributed by atoms with Crippen LogP contribution in [0.2, 0.25) is 15.1 Å². The van der Waals surface area contributed by atoms with Crippen LogP contribution in [0.15, 0.2) is 71.6 Å². The highest BCUT2D eigenvalue weighted by Crippen LogP contribution is 2.32. The van der Waals surface area contributed by atoms with Crippen LogP contribution in [0.25, 0.3) is 6.08 Å². The van der Waals surface area contributed by atoms with Crippen molar-refractivity contribution in [2.24, 2.45) is 0 Å². The van der Waals surface area contributed by atoms with Crippen molar-refractivity contribution in [1.82, 2.24) is 10.4 Å². The van der Waals surface area contributed by atoms with Crippen LogP contribution in [-0.4, -0.2) is 21.3 Å². The van der Waals surface area contributed by atoms with E-state index in [9.17, 15) is 9.59 Å². The number of halogens is 3. The van der Waals surface area contributed by atoms with E-state index in [4.69, 9.17) is 51.8 Å². The number of urea groups is 1. The molecule has 2 N–H and O–H groups in total. The van der Waals surface area contributed by atoms with Gasteiger partial charge in [0.15, 0.2) is 4.32 Å². The van der Waals surface area contributed by atoms with E-state index in [1.165, 1.54) is 6.07 Å². The molecule has 0 aromatic heterocycles. The molecule has 11 heteroatoms. The third-order valence-electron chi connectivity index (χ3n) is 4.69. The number of thioether (sulfide) groups is 1. The summed E-state index contributed by atoms with van der Waals surface area (Å²) in [5.41, 5.74) is 4.46. The largest absolute Gasteiger partial charge is 0.489 e. The van der Waals surface area contributed by atoms with Crippen molar-refractivity contribution in [3.05, 3.63) is 97.8 Å². The summed E-state index contributed by atoms with van der Waals surface area (Å²) in [5, 5.41) is 4.87. The lowest BCUT2D eigenvalue weighted by Crippen LogP contribution is -2.46. The van der Waals surface area contributed by atoms with Crippen LogP contribution in [-0.2, 0) is 11.4 Å². The third-order valence-corrected chi connectivity index (χ3v) is 7.10. The minimum absolute atomic E-state index is 0.191. The van der Waals surface area contributed by atoms with Crippen LogP contribution in [0, 0.1) is 0 Å². The summed E-state index contributed by atoms with van der Waals surface area (Å²) >= 11 is 24.4. The smallest absolute Gasteiger partial charge is 0.338 e. The summed E-state index contributed by atoms with van der Waals surface area (Å²) in [6, 6.07) is 18.7. The maximum Gasteiger partial charge on any atom is 0.338 e. The van der Waals surface area contributed by atoms with Gasteiger partial charge in [-0.25, -0.2) is 10.2 Å². The molecule has 3 amide bonds. The Morgan fingerprint density at radius 2 is 1.80 bits per heavy atom. The fourth-order valence-electron chi connectivity index (χ4n) is 3.02. The molecule has 1 heterocycles. The third kappa shape index (κ3) is 6.48. The second kappa shape index (κ2) is 11.3. The van der Waals surface area contributed by atoms with Crippen LogP contribution in [0.3, 0.4) is 0 Å². The Kier molecular flexibility index (Phi) is 8.20. The zero-order valence-electron chi connectivity index (χ0n) is 17.8. The van der Waals surface area contributed by atoms with Crippen molar-refractivity contribution >= 4 is 86.8 Å². The molecule has 0 unspecified atom stereocenters. The molecular formula is C24H16Cl3N3O3S2. The summed E-state index contributed by atoms with van der Waals surface area (Å²) < 4.78 is 6.04. The second-order valence-corrected chi connectivity index (χ2v) is 10.1. The van der Waals surface area contributed by atoms with E-state index in [0.717, 1.165) is 27.9 Å². The van der Waals surface area contributed by atoms with Crippen molar-refractivity contribution in [3.63, 3.8) is 0 Å². The van der Waals surface area contributed by atoms with Gasteiger partial charge in [0, 0.05) is 16.3 Å². The standard InChI is InChI=1S/C24H16Cl3N3O3S2/c25-18-7-2-1-5-15(18)13-33-17-6-3-4-14(10-17)11-21-22(31)30(24(34)35-21)29-23(32)28-16-8-9-19(26)20(27)12-16/h1-12H,13H2,(H2,28,29,32)/b21-11+. The Labute approximate surface area is 226 Å². The maximum atomic E-state index is 12.9. The number of benzene rings is 3. The Balaban J connectivity index is 1.40. The number of anilines is 1. The molecule has 35 heavy (non-hydrogen) atoms. The molecule has 178 valence electrons. The minimum atomic E-state index is -0.657. The summed E-state index contributed by atoms with van der Waals surface area (Å²) in [6.45, 7) is 0.309. The molecule has 0 radical (unpaired) electrons. The number of hydrazine groups is 1.